The Kier molecular flexibility index (Phi) is 4.98. The molecule has 0 N–H and O–H groups in total. The summed E-state index contributed by atoms with van der Waals surface area (Å²) in [4.78, 5) is 12.9. The Balaban J connectivity index is 1.59. The van der Waals surface area contributed by atoms with Crippen molar-refractivity contribution in [2.24, 2.45) is 0 Å². The smallest absolute Gasteiger partial charge is 0.414 e. The minimum Gasteiger partial charge on any atom is -0.447 e. The second kappa shape index (κ2) is 6.95. The molecule has 0 radical (unpaired) electrons. The Bertz CT molecular complexity index is 430. The van der Waals surface area contributed by atoms with Gasteiger partial charge in [-0.15, -0.1) is 0 Å². The van der Waals surface area contributed by atoms with Gasteiger partial charge < -0.3 is 9.47 Å². The molecule has 0 saturated carbocycles. The highest BCUT2D eigenvalue weighted by Gasteiger charge is 2.23. The Morgan fingerprint density at radius 3 is 2.84 bits per heavy atom. The van der Waals surface area contributed by atoms with E-state index in [1.54, 1.807) is 4.90 Å². The average molecular weight is 261 g/mol. The minimum atomic E-state index is -0.282. The molecule has 19 heavy (non-hydrogen) atoms. The number of cyclic esters (lactones) is 1. The lowest BCUT2D eigenvalue weighted by Crippen LogP contribution is -2.23. The van der Waals surface area contributed by atoms with Crippen LogP contribution in [0.25, 0.3) is 0 Å². The van der Waals surface area contributed by atoms with E-state index in [1.807, 2.05) is 30.3 Å². The summed E-state index contributed by atoms with van der Waals surface area (Å²) in [5.41, 5.74) is 1.98. The number of amides is 1. The van der Waals surface area contributed by atoms with E-state index in [4.69, 9.17) is 9.47 Å². The maximum absolute atomic E-state index is 11.3. The van der Waals surface area contributed by atoms with Crippen LogP contribution in [0.5, 0.6) is 0 Å². The first-order valence-corrected chi connectivity index (χ1v) is 6.51. The summed E-state index contributed by atoms with van der Waals surface area (Å²) >= 11 is 0. The van der Waals surface area contributed by atoms with Crippen molar-refractivity contribution >= 4 is 6.09 Å². The summed E-state index contributed by atoms with van der Waals surface area (Å²) < 4.78 is 10.5. The topological polar surface area (TPSA) is 38.8 Å². The number of hydrogen-bond acceptors (Lipinski definition) is 3. The van der Waals surface area contributed by atoms with E-state index < -0.39 is 0 Å². The van der Waals surface area contributed by atoms with E-state index >= 15 is 0 Å². The van der Waals surface area contributed by atoms with Crippen LogP contribution in [0.1, 0.15) is 18.4 Å². The molecule has 4 nitrogen and oxygen atoms in total. The van der Waals surface area contributed by atoms with Crippen molar-refractivity contribution in [3.05, 3.63) is 48.2 Å². The van der Waals surface area contributed by atoms with Crippen LogP contribution in [0, 0.1) is 0 Å². The van der Waals surface area contributed by atoms with Crippen LogP contribution in [-0.4, -0.2) is 30.8 Å². The van der Waals surface area contributed by atoms with Crippen LogP contribution in [0.2, 0.25) is 0 Å². The van der Waals surface area contributed by atoms with Crippen LogP contribution >= 0.6 is 0 Å². The molecule has 0 atom stereocenters. The highest BCUT2D eigenvalue weighted by atomic mass is 16.6. The van der Waals surface area contributed by atoms with E-state index in [2.05, 4.69) is 6.58 Å². The zero-order valence-corrected chi connectivity index (χ0v) is 11.0. The van der Waals surface area contributed by atoms with Gasteiger partial charge >= 0.3 is 6.09 Å². The quantitative estimate of drug-likeness (QED) is 0.708. The van der Waals surface area contributed by atoms with E-state index in [-0.39, 0.29) is 6.09 Å². The van der Waals surface area contributed by atoms with Gasteiger partial charge in [0, 0.05) is 12.3 Å². The summed E-state index contributed by atoms with van der Waals surface area (Å²) in [5.74, 6) is 0. The molecule has 0 aliphatic carbocycles. The number of rotatable bonds is 7. The van der Waals surface area contributed by atoms with Gasteiger partial charge in [-0.1, -0.05) is 36.9 Å². The van der Waals surface area contributed by atoms with Gasteiger partial charge in [0.15, 0.2) is 0 Å². The normalized spacial score (nSPS) is 14.5. The first kappa shape index (κ1) is 13.6. The molecule has 1 aliphatic rings. The molecule has 0 unspecified atom stereocenters. The second-order valence-electron chi connectivity index (χ2n) is 4.47. The Morgan fingerprint density at radius 1 is 1.37 bits per heavy atom. The van der Waals surface area contributed by atoms with Gasteiger partial charge in [-0.25, -0.2) is 4.79 Å². The molecule has 1 heterocycles. The van der Waals surface area contributed by atoms with Crippen LogP contribution < -0.4 is 0 Å². The molecular weight excluding hydrogens is 242 g/mol. The summed E-state index contributed by atoms with van der Waals surface area (Å²) in [7, 11) is 0. The van der Waals surface area contributed by atoms with Crippen molar-refractivity contribution in [3.8, 4) is 0 Å². The summed E-state index contributed by atoms with van der Waals surface area (Å²) in [6.45, 7) is 6.27. The molecule has 1 fully saturated rings. The predicted octanol–water partition coefficient (Wildman–Crippen LogP) is 2.95. The van der Waals surface area contributed by atoms with E-state index in [0.717, 1.165) is 18.5 Å². The standard InChI is InChI=1S/C15H19NO3/c1-13(16-9-11-19-15(16)17)6-5-10-18-12-14-7-3-2-4-8-14/h2-4,7-8H,1,5-6,9-12H2. The number of carbonyl (C=O) groups excluding carboxylic acids is 1. The average Bonchev–Trinajstić information content (AvgIpc) is 2.86. The molecular formula is C15H19NO3. The van der Waals surface area contributed by atoms with Crippen molar-refractivity contribution in [1.29, 1.82) is 0 Å². The lowest BCUT2D eigenvalue weighted by molar-refractivity contribution is 0.117. The first-order valence-electron chi connectivity index (χ1n) is 6.51. The zero-order chi connectivity index (χ0) is 13.5. The number of allylic oxidation sites excluding steroid dienone is 1. The summed E-state index contributed by atoms with van der Waals surface area (Å²) in [6.07, 6.45) is 1.33. The first-order chi connectivity index (χ1) is 9.27. The molecule has 0 bridgehead atoms. The molecule has 102 valence electrons. The SMILES string of the molecule is C=C(CCCOCc1ccccc1)N1CCOC1=O. The monoisotopic (exact) mass is 261 g/mol. The van der Waals surface area contributed by atoms with E-state index in [0.29, 0.717) is 26.4 Å². The number of benzene rings is 1. The fraction of sp³-hybridized carbons (Fsp3) is 0.400. The maximum atomic E-state index is 11.3. The van der Waals surface area contributed by atoms with Crippen LogP contribution in [-0.2, 0) is 16.1 Å². The third-order valence-corrected chi connectivity index (χ3v) is 3.01. The second-order valence-corrected chi connectivity index (χ2v) is 4.47. The molecule has 0 spiro atoms. The maximum Gasteiger partial charge on any atom is 0.414 e. The number of carbonyl (C=O) groups is 1. The molecule has 1 amide bonds. The van der Waals surface area contributed by atoms with E-state index in [1.165, 1.54) is 5.56 Å². The van der Waals surface area contributed by atoms with Gasteiger partial charge in [0.05, 0.1) is 13.2 Å². The number of nitrogens with zero attached hydrogens (tertiary/aromatic N) is 1. The van der Waals surface area contributed by atoms with E-state index in [9.17, 15) is 4.79 Å². The summed E-state index contributed by atoms with van der Waals surface area (Å²) in [5, 5.41) is 0. The van der Waals surface area contributed by atoms with Crippen molar-refractivity contribution < 1.29 is 14.3 Å². The Morgan fingerprint density at radius 2 is 2.16 bits per heavy atom. The number of hydrogen-bond donors (Lipinski definition) is 0. The molecule has 0 aromatic heterocycles. The van der Waals surface area contributed by atoms with Gasteiger partial charge in [-0.05, 0) is 18.4 Å². The fourth-order valence-corrected chi connectivity index (χ4v) is 1.96. The highest BCUT2D eigenvalue weighted by molar-refractivity contribution is 5.71. The third kappa shape index (κ3) is 4.10. The Labute approximate surface area is 113 Å². The van der Waals surface area contributed by atoms with Crippen molar-refractivity contribution in [2.45, 2.75) is 19.4 Å². The van der Waals surface area contributed by atoms with Gasteiger partial charge in [0.2, 0.25) is 0 Å². The molecule has 4 heteroatoms. The number of ether oxygens (including phenoxy) is 2. The predicted molar refractivity (Wildman–Crippen MR) is 72.5 cm³/mol. The third-order valence-electron chi connectivity index (χ3n) is 3.01. The van der Waals surface area contributed by atoms with Crippen molar-refractivity contribution in [3.63, 3.8) is 0 Å². The van der Waals surface area contributed by atoms with Gasteiger partial charge in [-0.2, -0.15) is 0 Å². The zero-order valence-electron chi connectivity index (χ0n) is 11.0. The Hall–Kier alpha value is -1.81. The molecule has 2 rings (SSSR count). The van der Waals surface area contributed by atoms with Crippen LogP contribution in [0.4, 0.5) is 4.79 Å². The fourth-order valence-electron chi connectivity index (χ4n) is 1.96. The van der Waals surface area contributed by atoms with Crippen LogP contribution in [0.15, 0.2) is 42.6 Å². The van der Waals surface area contributed by atoms with Gasteiger partial charge in [-0.3, -0.25) is 4.90 Å². The van der Waals surface area contributed by atoms with Gasteiger partial charge in [0.1, 0.15) is 6.61 Å². The molecule has 1 aromatic carbocycles. The lowest BCUT2D eigenvalue weighted by Gasteiger charge is -2.15. The van der Waals surface area contributed by atoms with Gasteiger partial charge in [0.25, 0.3) is 0 Å². The molecule has 1 aromatic rings. The van der Waals surface area contributed by atoms with Crippen molar-refractivity contribution in [1.82, 2.24) is 4.90 Å². The largest absolute Gasteiger partial charge is 0.447 e. The van der Waals surface area contributed by atoms with Crippen LogP contribution in [0.3, 0.4) is 0 Å². The highest BCUT2D eigenvalue weighted by Crippen LogP contribution is 2.15. The summed E-state index contributed by atoms with van der Waals surface area (Å²) in [6, 6.07) is 10.1. The molecule has 1 aliphatic heterocycles. The van der Waals surface area contributed by atoms with Crippen molar-refractivity contribution in [2.75, 3.05) is 19.8 Å². The minimum absolute atomic E-state index is 0.282. The lowest BCUT2D eigenvalue weighted by atomic mass is 10.2. The molecule has 1 saturated heterocycles.